The van der Waals surface area contributed by atoms with Crippen LogP contribution in [-0.4, -0.2) is 16.5 Å². The fraction of sp³-hybridized carbons (Fsp3) is 0.100. The average molecular weight is 402 g/mol. The highest BCUT2D eigenvalue weighted by atomic mass is 35.5. The monoisotopic (exact) mass is 401 g/mol. The van der Waals surface area contributed by atoms with Gasteiger partial charge in [0.2, 0.25) is 0 Å². The summed E-state index contributed by atoms with van der Waals surface area (Å²) in [4.78, 5) is 25.0. The van der Waals surface area contributed by atoms with Gasteiger partial charge in [0.1, 0.15) is 0 Å². The average Bonchev–Trinajstić information content (AvgIpc) is 2.93. The number of carbonyl (C=O) groups is 2. The Morgan fingerprint density at radius 3 is 2.26 bits per heavy atom. The Morgan fingerprint density at radius 2 is 1.59 bits per heavy atom. The standard InChI is InChI=1S/C20H17Cl2N3O2/c1-12-6-7-13(2)25(12)24-19(26)14-4-3-5-16(10-14)23-20(27)17-9-8-15(21)11-18(17)22/h3-11H,1-2H3,(H,23,27)(H,24,26). The van der Waals surface area contributed by atoms with Crippen molar-refractivity contribution >= 4 is 40.7 Å². The Labute approximate surface area is 166 Å². The molecule has 0 aliphatic carbocycles. The molecular formula is C20H17Cl2N3O2. The van der Waals surface area contributed by atoms with E-state index in [0.29, 0.717) is 21.8 Å². The first-order chi connectivity index (χ1) is 12.8. The summed E-state index contributed by atoms with van der Waals surface area (Å²) >= 11 is 11.9. The molecular weight excluding hydrogens is 385 g/mol. The van der Waals surface area contributed by atoms with Crippen molar-refractivity contribution < 1.29 is 9.59 Å². The summed E-state index contributed by atoms with van der Waals surface area (Å²) in [6, 6.07) is 15.2. The molecule has 0 bridgehead atoms. The number of hydrogen-bond donors (Lipinski definition) is 2. The molecule has 7 heteroatoms. The summed E-state index contributed by atoms with van der Waals surface area (Å²) in [5.74, 6) is -0.663. The van der Waals surface area contributed by atoms with Crippen LogP contribution in [0.3, 0.4) is 0 Å². The van der Waals surface area contributed by atoms with Gasteiger partial charge in [-0.2, -0.15) is 0 Å². The van der Waals surface area contributed by atoms with Crippen molar-refractivity contribution in [1.29, 1.82) is 0 Å². The van der Waals surface area contributed by atoms with Gasteiger partial charge >= 0.3 is 0 Å². The van der Waals surface area contributed by atoms with Gasteiger partial charge in [0.25, 0.3) is 11.8 Å². The van der Waals surface area contributed by atoms with Gasteiger partial charge in [-0.25, -0.2) is 0 Å². The third kappa shape index (κ3) is 4.32. The molecule has 138 valence electrons. The number of aryl methyl sites for hydroxylation is 2. The van der Waals surface area contributed by atoms with E-state index in [-0.39, 0.29) is 16.8 Å². The van der Waals surface area contributed by atoms with Crippen LogP contribution in [0.5, 0.6) is 0 Å². The lowest BCUT2D eigenvalue weighted by molar-refractivity contribution is 0.100. The first kappa shape index (κ1) is 19.0. The molecule has 1 heterocycles. The van der Waals surface area contributed by atoms with Crippen molar-refractivity contribution in [1.82, 2.24) is 4.68 Å². The maximum Gasteiger partial charge on any atom is 0.270 e. The molecule has 1 aromatic heterocycles. The molecule has 0 saturated heterocycles. The number of nitrogens with one attached hydrogen (secondary N) is 2. The Kier molecular flexibility index (Phi) is 5.54. The van der Waals surface area contributed by atoms with Gasteiger partial charge in [0, 0.05) is 27.7 Å². The highest BCUT2D eigenvalue weighted by Gasteiger charge is 2.13. The van der Waals surface area contributed by atoms with E-state index in [4.69, 9.17) is 23.2 Å². The summed E-state index contributed by atoms with van der Waals surface area (Å²) in [5.41, 5.74) is 5.88. The van der Waals surface area contributed by atoms with Crippen LogP contribution in [0, 0.1) is 13.8 Å². The van der Waals surface area contributed by atoms with Gasteiger partial charge in [0.15, 0.2) is 0 Å². The van der Waals surface area contributed by atoms with E-state index < -0.39 is 0 Å². The number of nitrogens with zero attached hydrogens (tertiary/aromatic N) is 1. The summed E-state index contributed by atoms with van der Waals surface area (Å²) < 4.78 is 1.71. The zero-order chi connectivity index (χ0) is 19.6. The fourth-order valence-corrected chi connectivity index (χ4v) is 3.12. The van der Waals surface area contributed by atoms with E-state index in [0.717, 1.165) is 11.4 Å². The summed E-state index contributed by atoms with van der Waals surface area (Å²) in [6.07, 6.45) is 0. The van der Waals surface area contributed by atoms with E-state index in [2.05, 4.69) is 10.7 Å². The maximum atomic E-state index is 12.5. The second kappa shape index (κ2) is 7.86. The van der Waals surface area contributed by atoms with Crippen molar-refractivity contribution in [2.24, 2.45) is 0 Å². The molecule has 0 radical (unpaired) electrons. The largest absolute Gasteiger partial charge is 0.322 e. The molecule has 5 nitrogen and oxygen atoms in total. The number of aromatic nitrogens is 1. The van der Waals surface area contributed by atoms with Crippen LogP contribution in [0.25, 0.3) is 0 Å². The quantitative estimate of drug-likeness (QED) is 0.642. The number of rotatable bonds is 4. The van der Waals surface area contributed by atoms with Gasteiger partial charge in [-0.15, -0.1) is 0 Å². The number of carbonyl (C=O) groups excluding carboxylic acids is 2. The molecule has 2 amide bonds. The summed E-state index contributed by atoms with van der Waals surface area (Å²) in [7, 11) is 0. The van der Waals surface area contributed by atoms with Crippen LogP contribution in [0.15, 0.2) is 54.6 Å². The Bertz CT molecular complexity index is 1010. The SMILES string of the molecule is Cc1ccc(C)n1NC(=O)c1cccc(NC(=O)c2ccc(Cl)cc2Cl)c1. The normalized spacial score (nSPS) is 10.5. The van der Waals surface area contributed by atoms with E-state index in [1.165, 1.54) is 6.07 Å². The molecule has 2 aromatic carbocycles. The highest BCUT2D eigenvalue weighted by molar-refractivity contribution is 6.37. The van der Waals surface area contributed by atoms with Crippen LogP contribution in [0.1, 0.15) is 32.1 Å². The van der Waals surface area contributed by atoms with Crippen LogP contribution >= 0.6 is 23.2 Å². The first-order valence-electron chi connectivity index (χ1n) is 8.18. The van der Waals surface area contributed by atoms with Gasteiger partial charge < -0.3 is 5.32 Å². The second-order valence-corrected chi connectivity index (χ2v) is 6.90. The lowest BCUT2D eigenvalue weighted by Gasteiger charge is -2.12. The minimum atomic E-state index is -0.383. The second-order valence-electron chi connectivity index (χ2n) is 6.05. The van der Waals surface area contributed by atoms with Crippen molar-refractivity contribution in [3.8, 4) is 0 Å². The minimum Gasteiger partial charge on any atom is -0.322 e. The molecule has 27 heavy (non-hydrogen) atoms. The molecule has 3 rings (SSSR count). The summed E-state index contributed by atoms with van der Waals surface area (Å²) in [6.45, 7) is 3.81. The van der Waals surface area contributed by atoms with E-state index in [9.17, 15) is 9.59 Å². The number of halogens is 2. The predicted molar refractivity (Wildman–Crippen MR) is 108 cm³/mol. The van der Waals surface area contributed by atoms with Crippen molar-refractivity contribution in [2.75, 3.05) is 10.7 Å². The topological polar surface area (TPSA) is 63.1 Å². The van der Waals surface area contributed by atoms with Gasteiger partial charge in [-0.1, -0.05) is 29.3 Å². The Hall–Kier alpha value is -2.76. The van der Waals surface area contributed by atoms with Gasteiger partial charge in [0.05, 0.1) is 10.6 Å². The molecule has 0 aliphatic heterocycles. The lowest BCUT2D eigenvalue weighted by atomic mass is 10.1. The van der Waals surface area contributed by atoms with Crippen LogP contribution in [0.4, 0.5) is 5.69 Å². The lowest BCUT2D eigenvalue weighted by Crippen LogP contribution is -2.24. The van der Waals surface area contributed by atoms with Gasteiger partial charge in [-0.3, -0.25) is 19.7 Å². The zero-order valence-corrected chi connectivity index (χ0v) is 16.2. The van der Waals surface area contributed by atoms with E-state index >= 15 is 0 Å². The van der Waals surface area contributed by atoms with E-state index in [1.807, 2.05) is 26.0 Å². The number of hydrogen-bond acceptors (Lipinski definition) is 2. The third-order valence-corrected chi connectivity index (χ3v) is 4.59. The molecule has 0 spiro atoms. The molecule has 0 unspecified atom stereocenters. The van der Waals surface area contributed by atoms with Crippen LogP contribution < -0.4 is 10.7 Å². The smallest absolute Gasteiger partial charge is 0.270 e. The van der Waals surface area contributed by atoms with Gasteiger partial charge in [-0.05, 0) is 62.4 Å². The third-order valence-electron chi connectivity index (χ3n) is 4.04. The molecule has 0 saturated carbocycles. The zero-order valence-electron chi connectivity index (χ0n) is 14.7. The summed E-state index contributed by atoms with van der Waals surface area (Å²) in [5, 5.41) is 3.45. The molecule has 2 N–H and O–H groups in total. The Balaban J connectivity index is 1.77. The first-order valence-corrected chi connectivity index (χ1v) is 8.93. The highest BCUT2D eigenvalue weighted by Crippen LogP contribution is 2.22. The molecule has 0 fully saturated rings. The maximum absolute atomic E-state index is 12.5. The van der Waals surface area contributed by atoms with Crippen molar-refractivity contribution in [3.05, 3.63) is 87.2 Å². The van der Waals surface area contributed by atoms with E-state index in [1.54, 1.807) is 41.1 Å². The molecule has 3 aromatic rings. The van der Waals surface area contributed by atoms with Crippen molar-refractivity contribution in [3.63, 3.8) is 0 Å². The molecule has 0 aliphatic rings. The molecule has 0 atom stereocenters. The Morgan fingerprint density at radius 1 is 0.889 bits per heavy atom. The van der Waals surface area contributed by atoms with Crippen LogP contribution in [-0.2, 0) is 0 Å². The fourth-order valence-electron chi connectivity index (χ4n) is 2.62. The number of anilines is 1. The van der Waals surface area contributed by atoms with Crippen molar-refractivity contribution in [2.45, 2.75) is 13.8 Å². The van der Waals surface area contributed by atoms with Crippen LogP contribution in [0.2, 0.25) is 10.0 Å². The minimum absolute atomic E-state index is 0.257. The number of benzene rings is 2. The number of amides is 2. The predicted octanol–water partition coefficient (Wildman–Crippen LogP) is 5.05.